The van der Waals surface area contributed by atoms with Gasteiger partial charge in [0.1, 0.15) is 16.5 Å². The summed E-state index contributed by atoms with van der Waals surface area (Å²) in [6, 6.07) is 0. The summed E-state index contributed by atoms with van der Waals surface area (Å²) >= 11 is 1.67. The van der Waals surface area contributed by atoms with E-state index < -0.39 is 0 Å². The Morgan fingerprint density at radius 3 is 2.56 bits per heavy atom. The zero-order valence-corrected chi connectivity index (χ0v) is 16.7. The zero-order chi connectivity index (χ0) is 18.4. The number of thiophene rings is 1. The molecule has 0 radical (unpaired) electrons. The first-order valence-electron chi connectivity index (χ1n) is 8.93. The Kier molecular flexibility index (Phi) is 7.13. The molecule has 0 saturated heterocycles. The molecule has 138 valence electrons. The van der Waals surface area contributed by atoms with Crippen LogP contribution in [0.1, 0.15) is 36.5 Å². The smallest absolute Gasteiger partial charge is 0.239 e. The minimum absolute atomic E-state index is 0.00596. The summed E-state index contributed by atoms with van der Waals surface area (Å²) in [7, 11) is 0. The van der Waals surface area contributed by atoms with Gasteiger partial charge in [0, 0.05) is 11.4 Å². The van der Waals surface area contributed by atoms with E-state index in [1.807, 2.05) is 6.92 Å². The third kappa shape index (κ3) is 5.12. The van der Waals surface area contributed by atoms with Crippen molar-refractivity contribution in [2.75, 3.05) is 38.0 Å². The number of rotatable bonds is 9. The highest BCUT2D eigenvalue weighted by Crippen LogP contribution is 2.32. The van der Waals surface area contributed by atoms with Gasteiger partial charge in [-0.1, -0.05) is 13.8 Å². The molecule has 2 aromatic heterocycles. The highest BCUT2D eigenvalue weighted by atomic mass is 32.1. The molecule has 1 amide bonds. The van der Waals surface area contributed by atoms with Gasteiger partial charge in [-0.2, -0.15) is 0 Å². The van der Waals surface area contributed by atoms with E-state index in [1.54, 1.807) is 11.3 Å². The first-order valence-corrected chi connectivity index (χ1v) is 9.75. The van der Waals surface area contributed by atoms with Gasteiger partial charge in [-0.05, 0) is 52.4 Å². The number of amides is 1. The highest BCUT2D eigenvalue weighted by molar-refractivity contribution is 7.18. The summed E-state index contributed by atoms with van der Waals surface area (Å²) in [6.45, 7) is 14.4. The van der Waals surface area contributed by atoms with E-state index in [0.717, 1.165) is 47.9 Å². The molecule has 0 atom stereocenters. The van der Waals surface area contributed by atoms with Crippen LogP contribution in [0.25, 0.3) is 10.2 Å². The predicted octanol–water partition coefficient (Wildman–Crippen LogP) is 2.88. The molecule has 25 heavy (non-hydrogen) atoms. The minimum Gasteiger partial charge on any atom is -0.360 e. The van der Waals surface area contributed by atoms with Crippen LogP contribution in [0.2, 0.25) is 0 Å². The van der Waals surface area contributed by atoms with Gasteiger partial charge in [0.2, 0.25) is 5.91 Å². The zero-order valence-electron chi connectivity index (χ0n) is 15.9. The fourth-order valence-corrected chi connectivity index (χ4v) is 3.86. The first-order chi connectivity index (χ1) is 12.0. The quantitative estimate of drug-likeness (QED) is 0.671. The minimum atomic E-state index is -0.00596. The normalized spacial score (nSPS) is 11.3. The average Bonchev–Trinajstić information content (AvgIpc) is 2.87. The Bertz CT molecular complexity index is 724. The van der Waals surface area contributed by atoms with Crippen LogP contribution in [0.15, 0.2) is 0 Å². The lowest BCUT2D eigenvalue weighted by atomic mass is 10.2. The second-order valence-electron chi connectivity index (χ2n) is 6.17. The second kappa shape index (κ2) is 9.10. The molecule has 0 fully saturated rings. The van der Waals surface area contributed by atoms with Gasteiger partial charge >= 0.3 is 0 Å². The molecule has 0 aliphatic rings. The third-order valence-corrected chi connectivity index (χ3v) is 5.53. The van der Waals surface area contributed by atoms with Crippen LogP contribution in [0.4, 0.5) is 5.82 Å². The summed E-state index contributed by atoms with van der Waals surface area (Å²) in [5.74, 6) is 1.46. The molecule has 2 rings (SSSR count). The molecule has 0 bridgehead atoms. The fraction of sp³-hybridized carbons (Fsp3) is 0.611. The first kappa shape index (κ1) is 19.6. The van der Waals surface area contributed by atoms with Crippen molar-refractivity contribution >= 4 is 33.3 Å². The lowest BCUT2D eigenvalue weighted by Crippen LogP contribution is -2.33. The third-order valence-electron chi connectivity index (χ3n) is 4.42. The Hall–Kier alpha value is -1.73. The molecule has 7 heteroatoms. The largest absolute Gasteiger partial charge is 0.360 e. The number of carbonyl (C=O) groups is 1. The summed E-state index contributed by atoms with van der Waals surface area (Å²) in [5.41, 5.74) is 1.18. The van der Waals surface area contributed by atoms with E-state index in [9.17, 15) is 4.79 Å². The van der Waals surface area contributed by atoms with Gasteiger partial charge < -0.3 is 15.5 Å². The van der Waals surface area contributed by atoms with Crippen LogP contribution in [0, 0.1) is 20.8 Å². The number of aromatic nitrogens is 2. The van der Waals surface area contributed by atoms with Gasteiger partial charge in [0.25, 0.3) is 0 Å². The fourth-order valence-electron chi connectivity index (χ4n) is 2.78. The van der Waals surface area contributed by atoms with Crippen molar-refractivity contribution in [1.29, 1.82) is 0 Å². The maximum atomic E-state index is 12.1. The molecule has 2 aromatic rings. The number of fused-ring (bicyclic) bond motifs is 1. The number of anilines is 1. The topological polar surface area (TPSA) is 70.2 Å². The number of carbonyl (C=O) groups excluding carboxylic acids is 1. The summed E-state index contributed by atoms with van der Waals surface area (Å²) in [6.07, 6.45) is 0.965. The lowest BCUT2D eigenvalue weighted by Gasteiger charge is -2.17. The molecule has 2 N–H and O–H groups in total. The van der Waals surface area contributed by atoms with Crippen molar-refractivity contribution in [2.45, 2.75) is 41.0 Å². The van der Waals surface area contributed by atoms with Crippen molar-refractivity contribution in [1.82, 2.24) is 20.2 Å². The summed E-state index contributed by atoms with van der Waals surface area (Å²) < 4.78 is 0. The molecular formula is C18H29N5OS. The van der Waals surface area contributed by atoms with Crippen molar-refractivity contribution in [3.05, 3.63) is 16.3 Å². The van der Waals surface area contributed by atoms with Crippen molar-refractivity contribution in [2.24, 2.45) is 0 Å². The Balaban J connectivity index is 1.89. The van der Waals surface area contributed by atoms with Crippen LogP contribution in [-0.2, 0) is 4.79 Å². The van der Waals surface area contributed by atoms with Crippen LogP contribution in [0.5, 0.6) is 0 Å². The van der Waals surface area contributed by atoms with Gasteiger partial charge in [0.05, 0.1) is 11.9 Å². The maximum absolute atomic E-state index is 12.1. The maximum Gasteiger partial charge on any atom is 0.239 e. The molecule has 0 aromatic carbocycles. The Morgan fingerprint density at radius 2 is 1.88 bits per heavy atom. The standard InChI is InChI=1S/C18H29N5OS/c1-6-23(7-2)10-8-9-19-15(24)11-20-17-16-12(3)13(4)25-18(16)22-14(5)21-17/h6-11H2,1-5H3,(H,19,24)(H,20,21,22). The van der Waals surface area contributed by atoms with Crippen LogP contribution >= 0.6 is 11.3 Å². The monoisotopic (exact) mass is 363 g/mol. The van der Waals surface area contributed by atoms with Crippen LogP contribution in [-0.4, -0.2) is 53.5 Å². The van der Waals surface area contributed by atoms with E-state index in [1.165, 1.54) is 10.4 Å². The van der Waals surface area contributed by atoms with E-state index >= 15 is 0 Å². The van der Waals surface area contributed by atoms with E-state index in [0.29, 0.717) is 6.54 Å². The number of aryl methyl sites for hydroxylation is 3. The van der Waals surface area contributed by atoms with E-state index in [4.69, 9.17) is 0 Å². The molecule has 0 saturated carbocycles. The van der Waals surface area contributed by atoms with Gasteiger partial charge in [0.15, 0.2) is 0 Å². The Labute approximate surface area is 154 Å². The van der Waals surface area contributed by atoms with Gasteiger partial charge in [-0.3, -0.25) is 4.79 Å². The molecule has 0 aliphatic heterocycles. The van der Waals surface area contributed by atoms with Crippen molar-refractivity contribution in [3.63, 3.8) is 0 Å². The lowest BCUT2D eigenvalue weighted by molar-refractivity contribution is -0.119. The summed E-state index contributed by atoms with van der Waals surface area (Å²) in [4.78, 5) is 25.6. The molecular weight excluding hydrogens is 334 g/mol. The average molecular weight is 364 g/mol. The van der Waals surface area contributed by atoms with E-state index in [-0.39, 0.29) is 12.5 Å². The number of nitrogens with one attached hydrogen (secondary N) is 2. The highest BCUT2D eigenvalue weighted by Gasteiger charge is 2.14. The second-order valence-corrected chi connectivity index (χ2v) is 7.37. The van der Waals surface area contributed by atoms with Gasteiger partial charge in [-0.15, -0.1) is 11.3 Å². The number of hydrogen-bond acceptors (Lipinski definition) is 6. The molecule has 0 aliphatic carbocycles. The van der Waals surface area contributed by atoms with Gasteiger partial charge in [-0.25, -0.2) is 9.97 Å². The molecule has 6 nitrogen and oxygen atoms in total. The number of hydrogen-bond donors (Lipinski definition) is 2. The number of nitrogens with zero attached hydrogens (tertiary/aromatic N) is 3. The molecule has 0 unspecified atom stereocenters. The molecule has 2 heterocycles. The van der Waals surface area contributed by atoms with Crippen LogP contribution < -0.4 is 10.6 Å². The SMILES string of the molecule is CCN(CC)CCCNC(=O)CNc1nc(C)nc2sc(C)c(C)c12. The summed E-state index contributed by atoms with van der Waals surface area (Å²) in [5, 5.41) is 7.19. The van der Waals surface area contributed by atoms with Crippen LogP contribution in [0.3, 0.4) is 0 Å². The molecule has 0 spiro atoms. The predicted molar refractivity (Wildman–Crippen MR) is 106 cm³/mol. The van der Waals surface area contributed by atoms with Crippen molar-refractivity contribution in [3.8, 4) is 0 Å². The van der Waals surface area contributed by atoms with E-state index in [2.05, 4.69) is 53.2 Å². The Morgan fingerprint density at radius 1 is 1.16 bits per heavy atom. The van der Waals surface area contributed by atoms with Crippen molar-refractivity contribution < 1.29 is 4.79 Å².